The number of allylic oxidation sites excluding steroid dienone is 3. The van der Waals surface area contributed by atoms with Crippen molar-refractivity contribution in [1.29, 1.82) is 0 Å². The molecule has 2 aliphatic rings. The normalized spacial score (nSPS) is 16.7. The summed E-state index contributed by atoms with van der Waals surface area (Å²) in [4.78, 5) is 38.9. The first kappa shape index (κ1) is 19.6. The maximum atomic E-state index is 13.1. The summed E-state index contributed by atoms with van der Waals surface area (Å²) in [5.74, 6) is -1.14. The van der Waals surface area contributed by atoms with Crippen LogP contribution in [0.1, 0.15) is 78.9 Å². The Balaban J connectivity index is 2.55. The Morgan fingerprint density at radius 3 is 1.93 bits per heavy atom. The molecule has 0 spiro atoms. The summed E-state index contributed by atoms with van der Waals surface area (Å²) in [5.41, 5.74) is 3.22. The number of ketones is 3. The van der Waals surface area contributed by atoms with Gasteiger partial charge in [-0.15, -0.1) is 11.8 Å². The van der Waals surface area contributed by atoms with E-state index in [9.17, 15) is 14.4 Å². The van der Waals surface area contributed by atoms with E-state index in [1.54, 1.807) is 23.9 Å². The Morgan fingerprint density at radius 2 is 1.37 bits per heavy atom. The van der Waals surface area contributed by atoms with E-state index in [0.717, 1.165) is 16.0 Å². The second-order valence-corrected chi connectivity index (χ2v) is 10.8. The Kier molecular flexibility index (Phi) is 4.47. The van der Waals surface area contributed by atoms with Gasteiger partial charge in [0.2, 0.25) is 11.6 Å². The van der Waals surface area contributed by atoms with Gasteiger partial charge in [0.1, 0.15) is 0 Å². The third-order valence-corrected chi connectivity index (χ3v) is 5.75. The SMILES string of the molecule is C=C1C=Cc2c(c(SC(C)(C)C)c3c(c2C(C)(C)C)C(=O)C(=O)C=C3)C1=O. The van der Waals surface area contributed by atoms with Crippen LogP contribution in [0.4, 0.5) is 0 Å². The number of hydrogen-bond acceptors (Lipinski definition) is 4. The first-order valence-electron chi connectivity index (χ1n) is 8.95. The van der Waals surface area contributed by atoms with E-state index in [1.165, 1.54) is 6.08 Å². The third-order valence-electron chi connectivity index (χ3n) is 4.51. The zero-order chi connectivity index (χ0) is 20.3. The standard InChI is InChI=1S/C23H24O3S/c1-12-8-9-13-17(19(12)25)21(27-23(5,6)7)14-10-11-15(24)20(26)16(14)18(13)22(2,3)4/h8-11H,1H2,2-7H3. The molecular formula is C23H24O3S. The van der Waals surface area contributed by atoms with Gasteiger partial charge >= 0.3 is 0 Å². The highest BCUT2D eigenvalue weighted by Crippen LogP contribution is 2.47. The molecule has 0 aromatic heterocycles. The van der Waals surface area contributed by atoms with Gasteiger partial charge in [0.25, 0.3) is 0 Å². The fourth-order valence-corrected chi connectivity index (χ4v) is 4.72. The maximum Gasteiger partial charge on any atom is 0.233 e. The van der Waals surface area contributed by atoms with Crippen LogP contribution in [-0.2, 0) is 10.2 Å². The lowest BCUT2D eigenvalue weighted by atomic mass is 9.72. The van der Waals surface area contributed by atoms with Crippen LogP contribution >= 0.6 is 11.8 Å². The second-order valence-electron chi connectivity index (χ2n) is 8.96. The Morgan fingerprint density at radius 1 is 0.778 bits per heavy atom. The van der Waals surface area contributed by atoms with Crippen molar-refractivity contribution in [2.45, 2.75) is 56.6 Å². The number of fused-ring (bicyclic) bond motifs is 2. The number of carbonyl (C=O) groups is 3. The molecule has 1 aromatic carbocycles. The molecule has 0 fully saturated rings. The lowest BCUT2D eigenvalue weighted by molar-refractivity contribution is -0.110. The highest BCUT2D eigenvalue weighted by Gasteiger charge is 2.38. The number of rotatable bonds is 1. The topological polar surface area (TPSA) is 51.2 Å². The highest BCUT2D eigenvalue weighted by molar-refractivity contribution is 8.00. The molecular weight excluding hydrogens is 356 g/mol. The van der Waals surface area contributed by atoms with Crippen molar-refractivity contribution in [3.63, 3.8) is 0 Å². The van der Waals surface area contributed by atoms with Crippen molar-refractivity contribution in [2.75, 3.05) is 0 Å². The molecule has 3 rings (SSSR count). The van der Waals surface area contributed by atoms with E-state index in [1.807, 2.05) is 26.8 Å². The van der Waals surface area contributed by atoms with Gasteiger partial charge in [-0.05, 0) is 28.7 Å². The summed E-state index contributed by atoms with van der Waals surface area (Å²) in [6.07, 6.45) is 6.57. The van der Waals surface area contributed by atoms with Gasteiger partial charge in [-0.2, -0.15) is 0 Å². The first-order valence-corrected chi connectivity index (χ1v) is 9.76. The smallest absolute Gasteiger partial charge is 0.233 e. The first-order chi connectivity index (χ1) is 12.3. The number of carbonyl (C=O) groups excluding carboxylic acids is 3. The molecule has 0 saturated heterocycles. The second kappa shape index (κ2) is 6.16. The van der Waals surface area contributed by atoms with Crippen molar-refractivity contribution >= 4 is 41.3 Å². The van der Waals surface area contributed by atoms with Crippen LogP contribution in [-0.4, -0.2) is 22.1 Å². The zero-order valence-electron chi connectivity index (χ0n) is 16.6. The van der Waals surface area contributed by atoms with E-state index in [2.05, 4.69) is 27.4 Å². The number of hydrogen-bond donors (Lipinski definition) is 0. The van der Waals surface area contributed by atoms with Crippen LogP contribution in [0.15, 0.2) is 29.2 Å². The predicted octanol–water partition coefficient (Wildman–Crippen LogP) is 5.42. The largest absolute Gasteiger partial charge is 0.289 e. The predicted molar refractivity (Wildman–Crippen MR) is 112 cm³/mol. The van der Waals surface area contributed by atoms with Gasteiger partial charge < -0.3 is 0 Å². The van der Waals surface area contributed by atoms with Crippen LogP contribution < -0.4 is 0 Å². The van der Waals surface area contributed by atoms with Crippen LogP contribution in [0.25, 0.3) is 12.2 Å². The summed E-state index contributed by atoms with van der Waals surface area (Å²) >= 11 is 1.55. The molecule has 0 N–H and O–H groups in total. The molecule has 0 unspecified atom stereocenters. The summed E-state index contributed by atoms with van der Waals surface area (Å²) in [5, 5.41) is 0. The molecule has 3 nitrogen and oxygen atoms in total. The monoisotopic (exact) mass is 380 g/mol. The minimum Gasteiger partial charge on any atom is -0.289 e. The van der Waals surface area contributed by atoms with Gasteiger partial charge in [-0.1, -0.05) is 60.3 Å². The molecule has 0 bridgehead atoms. The molecule has 1 aromatic rings. The molecule has 0 radical (unpaired) electrons. The fourth-order valence-electron chi connectivity index (χ4n) is 3.52. The average Bonchev–Trinajstić information content (AvgIpc) is 2.52. The third kappa shape index (κ3) is 3.27. The molecule has 0 atom stereocenters. The van der Waals surface area contributed by atoms with E-state index < -0.39 is 17.0 Å². The van der Waals surface area contributed by atoms with Crippen molar-refractivity contribution < 1.29 is 14.4 Å². The zero-order valence-corrected chi connectivity index (χ0v) is 17.5. The Hall–Kier alpha value is -2.20. The van der Waals surface area contributed by atoms with Gasteiger partial charge in [-0.3, -0.25) is 14.4 Å². The quantitative estimate of drug-likeness (QED) is 0.371. The molecule has 0 amide bonds. The van der Waals surface area contributed by atoms with E-state index in [-0.39, 0.29) is 10.5 Å². The Bertz CT molecular complexity index is 977. The van der Waals surface area contributed by atoms with Gasteiger partial charge in [0.05, 0.1) is 0 Å². The lowest BCUT2D eigenvalue weighted by Crippen LogP contribution is -2.29. The van der Waals surface area contributed by atoms with Gasteiger partial charge in [0, 0.05) is 31.9 Å². The summed E-state index contributed by atoms with van der Waals surface area (Å²) in [7, 11) is 0. The lowest BCUT2D eigenvalue weighted by Gasteiger charge is -2.33. The molecule has 27 heavy (non-hydrogen) atoms. The molecule has 4 heteroatoms. The van der Waals surface area contributed by atoms with Crippen LogP contribution in [0.5, 0.6) is 0 Å². The summed E-state index contributed by atoms with van der Waals surface area (Å²) in [6.45, 7) is 16.1. The van der Waals surface area contributed by atoms with Crippen molar-refractivity contribution in [3.05, 3.63) is 52.1 Å². The maximum absolute atomic E-state index is 13.1. The summed E-state index contributed by atoms with van der Waals surface area (Å²) < 4.78 is -0.175. The number of thioether (sulfide) groups is 1. The summed E-state index contributed by atoms with van der Waals surface area (Å²) in [6, 6.07) is 0. The van der Waals surface area contributed by atoms with Gasteiger partial charge in [0.15, 0.2) is 5.78 Å². The number of Topliss-reactive ketones (excluding diaryl/α,β-unsaturated/α-hetero) is 2. The van der Waals surface area contributed by atoms with Crippen LogP contribution in [0, 0.1) is 0 Å². The van der Waals surface area contributed by atoms with Crippen molar-refractivity contribution in [3.8, 4) is 0 Å². The van der Waals surface area contributed by atoms with Crippen molar-refractivity contribution in [1.82, 2.24) is 0 Å². The van der Waals surface area contributed by atoms with Crippen LogP contribution in [0.3, 0.4) is 0 Å². The van der Waals surface area contributed by atoms with E-state index in [4.69, 9.17) is 0 Å². The molecule has 140 valence electrons. The van der Waals surface area contributed by atoms with E-state index in [0.29, 0.717) is 22.3 Å². The molecule has 2 aliphatic carbocycles. The average molecular weight is 381 g/mol. The highest BCUT2D eigenvalue weighted by atomic mass is 32.2. The number of benzene rings is 1. The Labute approximate surface area is 164 Å². The molecule has 0 saturated carbocycles. The van der Waals surface area contributed by atoms with Crippen molar-refractivity contribution in [2.24, 2.45) is 0 Å². The minimum atomic E-state index is -0.518. The minimum absolute atomic E-state index is 0.120. The molecule has 0 heterocycles. The van der Waals surface area contributed by atoms with E-state index >= 15 is 0 Å². The van der Waals surface area contributed by atoms with Gasteiger partial charge in [-0.25, -0.2) is 0 Å². The molecule has 0 aliphatic heterocycles. The van der Waals surface area contributed by atoms with Crippen LogP contribution in [0.2, 0.25) is 0 Å². The fraction of sp³-hybridized carbons (Fsp3) is 0.348.